The predicted molar refractivity (Wildman–Crippen MR) is 94.2 cm³/mol. The van der Waals surface area contributed by atoms with E-state index in [0.717, 1.165) is 37.8 Å². The van der Waals surface area contributed by atoms with Gasteiger partial charge < -0.3 is 10.0 Å². The molecule has 0 saturated carbocycles. The number of carboxylic acids is 1. The Labute approximate surface area is 144 Å². The van der Waals surface area contributed by atoms with Gasteiger partial charge in [-0.1, -0.05) is 32.4 Å². The molecule has 5 nitrogen and oxygen atoms in total. The van der Waals surface area contributed by atoms with Gasteiger partial charge in [0.05, 0.1) is 6.54 Å². The Balaban J connectivity index is 1.91. The number of hydrogen-bond donors (Lipinski definition) is 1. The third kappa shape index (κ3) is 4.81. The topological polar surface area (TPSA) is 60.9 Å². The van der Waals surface area contributed by atoms with E-state index in [1.54, 1.807) is 0 Å². The highest BCUT2D eigenvalue weighted by Crippen LogP contribution is 2.19. The first kappa shape index (κ1) is 18.5. The minimum Gasteiger partial charge on any atom is -0.480 e. The average Bonchev–Trinajstić information content (AvgIpc) is 2.60. The fraction of sp³-hybridized carbons (Fsp3) is 0.579. The monoisotopic (exact) mass is 332 g/mol. The van der Waals surface area contributed by atoms with Crippen LogP contribution in [0.25, 0.3) is 0 Å². The first-order chi connectivity index (χ1) is 11.5. The van der Waals surface area contributed by atoms with Gasteiger partial charge >= 0.3 is 5.97 Å². The minimum absolute atomic E-state index is 0.0774. The normalized spacial score (nSPS) is 15.7. The van der Waals surface area contributed by atoms with Gasteiger partial charge in [0.15, 0.2) is 0 Å². The Morgan fingerprint density at radius 1 is 1.17 bits per heavy atom. The number of likely N-dealkylation sites (N-methyl/N-ethyl adjacent to an activating group) is 1. The van der Waals surface area contributed by atoms with Crippen molar-refractivity contribution in [1.82, 2.24) is 9.80 Å². The van der Waals surface area contributed by atoms with Crippen LogP contribution in [0.15, 0.2) is 24.3 Å². The third-order valence-corrected chi connectivity index (χ3v) is 4.75. The molecule has 1 heterocycles. The lowest BCUT2D eigenvalue weighted by atomic mass is 10.0. The Bertz CT molecular complexity index is 548. The molecule has 5 heteroatoms. The van der Waals surface area contributed by atoms with Crippen molar-refractivity contribution in [1.29, 1.82) is 0 Å². The Morgan fingerprint density at radius 2 is 1.79 bits per heavy atom. The molecule has 1 amide bonds. The van der Waals surface area contributed by atoms with E-state index < -0.39 is 5.97 Å². The number of carboxylic acid groups (broad SMARTS) is 1. The summed E-state index contributed by atoms with van der Waals surface area (Å²) >= 11 is 0. The second-order valence-electron chi connectivity index (χ2n) is 6.43. The van der Waals surface area contributed by atoms with Crippen LogP contribution in [0.1, 0.15) is 49.0 Å². The second kappa shape index (κ2) is 8.83. The molecular formula is C19H28N2O3. The quantitative estimate of drug-likeness (QED) is 0.834. The number of amides is 1. The molecule has 0 unspecified atom stereocenters. The number of rotatable bonds is 7. The van der Waals surface area contributed by atoms with E-state index in [1.165, 1.54) is 5.56 Å². The first-order valence-electron chi connectivity index (χ1n) is 8.89. The van der Waals surface area contributed by atoms with Crippen LogP contribution >= 0.6 is 0 Å². The van der Waals surface area contributed by atoms with Gasteiger partial charge in [0.1, 0.15) is 0 Å². The van der Waals surface area contributed by atoms with E-state index in [0.29, 0.717) is 13.1 Å². The number of piperidine rings is 1. The van der Waals surface area contributed by atoms with Crippen molar-refractivity contribution in [2.75, 3.05) is 26.2 Å². The molecule has 1 saturated heterocycles. The van der Waals surface area contributed by atoms with Crippen molar-refractivity contribution in [3.8, 4) is 0 Å². The van der Waals surface area contributed by atoms with Crippen LogP contribution in [-0.4, -0.2) is 59.0 Å². The van der Waals surface area contributed by atoms with Crippen molar-refractivity contribution in [2.45, 2.75) is 45.6 Å². The summed E-state index contributed by atoms with van der Waals surface area (Å²) in [6.45, 7) is 6.32. The van der Waals surface area contributed by atoms with Gasteiger partial charge in [-0.15, -0.1) is 0 Å². The number of hydrogen-bond acceptors (Lipinski definition) is 3. The van der Waals surface area contributed by atoms with Crippen LogP contribution in [0.3, 0.4) is 0 Å². The molecule has 0 atom stereocenters. The number of aliphatic carboxylic acids is 1. The summed E-state index contributed by atoms with van der Waals surface area (Å²) in [6.07, 6.45) is 3.81. The number of carbonyl (C=O) groups excluding carboxylic acids is 1. The van der Waals surface area contributed by atoms with Crippen molar-refractivity contribution < 1.29 is 14.7 Å². The van der Waals surface area contributed by atoms with Gasteiger partial charge in [0, 0.05) is 24.7 Å². The molecule has 0 radical (unpaired) electrons. The molecule has 0 bridgehead atoms. The molecule has 0 aromatic heterocycles. The zero-order valence-corrected chi connectivity index (χ0v) is 14.7. The molecule has 1 N–H and O–H groups in total. The number of benzene rings is 1. The molecule has 24 heavy (non-hydrogen) atoms. The minimum atomic E-state index is -0.789. The number of aryl methyl sites for hydroxylation is 1. The highest BCUT2D eigenvalue weighted by atomic mass is 16.4. The van der Waals surface area contributed by atoms with Crippen LogP contribution in [-0.2, 0) is 11.2 Å². The zero-order valence-electron chi connectivity index (χ0n) is 14.7. The first-order valence-corrected chi connectivity index (χ1v) is 8.89. The maximum Gasteiger partial charge on any atom is 0.317 e. The lowest BCUT2D eigenvalue weighted by Crippen LogP contribution is -2.48. The van der Waals surface area contributed by atoms with Crippen molar-refractivity contribution >= 4 is 11.9 Å². The molecule has 1 aromatic carbocycles. The summed E-state index contributed by atoms with van der Waals surface area (Å²) in [4.78, 5) is 27.4. The smallest absolute Gasteiger partial charge is 0.317 e. The zero-order chi connectivity index (χ0) is 17.5. The molecule has 2 rings (SSSR count). The SMILES string of the molecule is CCCc1ccc(C(=O)N2CCC(N(CC)CC(=O)O)CC2)cc1. The largest absolute Gasteiger partial charge is 0.480 e. The standard InChI is InChI=1S/C19H28N2O3/c1-3-5-15-6-8-16(9-7-15)19(24)21-12-10-17(11-13-21)20(4-2)14-18(22)23/h6-9,17H,3-5,10-14H2,1-2H3,(H,22,23). The van der Waals surface area contributed by atoms with Gasteiger partial charge in [-0.25, -0.2) is 0 Å². The van der Waals surface area contributed by atoms with E-state index in [2.05, 4.69) is 6.92 Å². The molecule has 0 aliphatic carbocycles. The van der Waals surface area contributed by atoms with Crippen LogP contribution in [0, 0.1) is 0 Å². The van der Waals surface area contributed by atoms with Gasteiger partial charge in [-0.05, 0) is 43.5 Å². The van der Waals surface area contributed by atoms with Gasteiger partial charge in [0.2, 0.25) is 0 Å². The van der Waals surface area contributed by atoms with Crippen molar-refractivity contribution in [3.63, 3.8) is 0 Å². The highest BCUT2D eigenvalue weighted by molar-refractivity contribution is 5.94. The molecule has 0 spiro atoms. The lowest BCUT2D eigenvalue weighted by molar-refractivity contribution is -0.139. The van der Waals surface area contributed by atoms with E-state index in [1.807, 2.05) is 41.0 Å². The average molecular weight is 332 g/mol. The highest BCUT2D eigenvalue weighted by Gasteiger charge is 2.27. The van der Waals surface area contributed by atoms with Gasteiger partial charge in [-0.2, -0.15) is 0 Å². The van der Waals surface area contributed by atoms with E-state index in [9.17, 15) is 9.59 Å². The molecule has 1 aliphatic heterocycles. The summed E-state index contributed by atoms with van der Waals surface area (Å²) in [7, 11) is 0. The van der Waals surface area contributed by atoms with E-state index >= 15 is 0 Å². The molecule has 1 fully saturated rings. The summed E-state index contributed by atoms with van der Waals surface area (Å²) in [5, 5.41) is 8.99. The number of carbonyl (C=O) groups is 2. The van der Waals surface area contributed by atoms with Gasteiger partial charge in [-0.3, -0.25) is 14.5 Å². The molecular weight excluding hydrogens is 304 g/mol. The van der Waals surface area contributed by atoms with E-state index in [4.69, 9.17) is 5.11 Å². The molecule has 1 aromatic rings. The maximum absolute atomic E-state index is 12.6. The Kier molecular flexibility index (Phi) is 6.79. The van der Waals surface area contributed by atoms with Crippen molar-refractivity contribution in [3.05, 3.63) is 35.4 Å². The fourth-order valence-electron chi connectivity index (χ4n) is 3.39. The summed E-state index contributed by atoms with van der Waals surface area (Å²) in [5.41, 5.74) is 2.01. The summed E-state index contributed by atoms with van der Waals surface area (Å²) in [6, 6.07) is 8.16. The number of nitrogens with zero attached hydrogens (tertiary/aromatic N) is 2. The van der Waals surface area contributed by atoms with Crippen molar-refractivity contribution in [2.24, 2.45) is 0 Å². The third-order valence-electron chi connectivity index (χ3n) is 4.75. The Hall–Kier alpha value is -1.88. The molecule has 132 valence electrons. The predicted octanol–water partition coefficient (Wildman–Crippen LogP) is 2.65. The van der Waals surface area contributed by atoms with Crippen LogP contribution < -0.4 is 0 Å². The Morgan fingerprint density at radius 3 is 2.29 bits per heavy atom. The van der Waals surface area contributed by atoms with Gasteiger partial charge in [0.25, 0.3) is 5.91 Å². The van der Waals surface area contributed by atoms with E-state index in [-0.39, 0.29) is 18.5 Å². The maximum atomic E-state index is 12.6. The van der Waals surface area contributed by atoms with Crippen LogP contribution in [0.5, 0.6) is 0 Å². The molecule has 1 aliphatic rings. The van der Waals surface area contributed by atoms with Crippen LogP contribution in [0.4, 0.5) is 0 Å². The summed E-state index contributed by atoms with van der Waals surface area (Å²) < 4.78 is 0. The lowest BCUT2D eigenvalue weighted by Gasteiger charge is -2.37. The number of likely N-dealkylation sites (tertiary alicyclic amines) is 1. The summed E-state index contributed by atoms with van der Waals surface area (Å²) in [5.74, 6) is -0.708. The second-order valence-corrected chi connectivity index (χ2v) is 6.43. The van der Waals surface area contributed by atoms with Crippen LogP contribution in [0.2, 0.25) is 0 Å². The fourth-order valence-corrected chi connectivity index (χ4v) is 3.39.